The molecular weight excluding hydrogens is 362 g/mol. The van der Waals surface area contributed by atoms with Gasteiger partial charge in [-0.3, -0.25) is 4.79 Å². The number of amides is 1. The number of thioether (sulfide) groups is 1. The average molecular weight is 380 g/mol. The van der Waals surface area contributed by atoms with Crippen molar-refractivity contribution >= 4 is 39.3 Å². The second kappa shape index (κ2) is 8.25. The molecule has 0 aliphatic rings. The van der Waals surface area contributed by atoms with Crippen LogP contribution >= 0.6 is 27.7 Å². The normalized spacial score (nSPS) is 11.8. The zero-order valence-corrected chi connectivity index (χ0v) is 14.9. The fraction of sp³-hybridized carbons (Fsp3) is 0.235. The van der Waals surface area contributed by atoms with Gasteiger partial charge in [0.25, 0.3) is 0 Å². The third kappa shape index (κ3) is 5.07. The number of rotatable bonds is 6. The molecule has 1 N–H and O–H groups in total. The predicted molar refractivity (Wildman–Crippen MR) is 96.5 cm³/mol. The highest BCUT2D eigenvalue weighted by atomic mass is 79.9. The topological polar surface area (TPSA) is 38.3 Å². The van der Waals surface area contributed by atoms with Gasteiger partial charge in [0.05, 0.1) is 12.4 Å². The lowest BCUT2D eigenvalue weighted by molar-refractivity contribution is -0.115. The van der Waals surface area contributed by atoms with Crippen molar-refractivity contribution in [3.05, 3.63) is 58.6 Å². The van der Waals surface area contributed by atoms with Gasteiger partial charge in [-0.1, -0.05) is 28.1 Å². The van der Waals surface area contributed by atoms with Crippen molar-refractivity contribution in [1.29, 1.82) is 0 Å². The number of benzene rings is 2. The molecule has 1 atom stereocenters. The van der Waals surface area contributed by atoms with E-state index < -0.39 is 0 Å². The average Bonchev–Trinajstić information content (AvgIpc) is 2.53. The first-order valence-corrected chi connectivity index (χ1v) is 8.73. The Hall–Kier alpha value is -1.46. The van der Waals surface area contributed by atoms with Gasteiger partial charge in [0.1, 0.15) is 5.75 Å². The molecule has 0 fully saturated rings. The molecule has 0 aromatic heterocycles. The SMILES string of the molecule is COc1ccc(NC(=O)C(C)SCc2cccc(Br)c2)cc1. The zero-order chi connectivity index (χ0) is 15.9. The molecule has 3 nitrogen and oxygen atoms in total. The Kier molecular flexibility index (Phi) is 6.34. The standard InChI is InChI=1S/C17H18BrNO2S/c1-12(22-11-13-4-3-5-14(18)10-13)17(20)19-15-6-8-16(21-2)9-7-15/h3-10,12H,11H2,1-2H3,(H,19,20). The maximum atomic E-state index is 12.2. The van der Waals surface area contributed by atoms with Gasteiger partial charge >= 0.3 is 0 Å². The molecule has 0 saturated heterocycles. The van der Waals surface area contributed by atoms with E-state index in [0.29, 0.717) is 0 Å². The Morgan fingerprint density at radius 1 is 1.27 bits per heavy atom. The van der Waals surface area contributed by atoms with Crippen molar-refractivity contribution in [2.24, 2.45) is 0 Å². The van der Waals surface area contributed by atoms with Crippen LogP contribution in [0.25, 0.3) is 0 Å². The summed E-state index contributed by atoms with van der Waals surface area (Å²) < 4.78 is 6.15. The summed E-state index contributed by atoms with van der Waals surface area (Å²) in [6, 6.07) is 15.5. The maximum absolute atomic E-state index is 12.2. The number of halogens is 1. The number of hydrogen-bond donors (Lipinski definition) is 1. The van der Waals surface area contributed by atoms with Crippen LogP contribution in [0.5, 0.6) is 5.75 Å². The Labute approximate surface area is 143 Å². The first-order valence-electron chi connectivity index (χ1n) is 6.89. The highest BCUT2D eigenvalue weighted by Crippen LogP contribution is 2.22. The van der Waals surface area contributed by atoms with E-state index >= 15 is 0 Å². The second-order valence-electron chi connectivity index (χ2n) is 4.80. The van der Waals surface area contributed by atoms with Crippen LogP contribution in [-0.4, -0.2) is 18.3 Å². The quantitative estimate of drug-likeness (QED) is 0.788. The molecule has 2 rings (SSSR count). The molecule has 22 heavy (non-hydrogen) atoms. The van der Waals surface area contributed by atoms with Gasteiger partial charge < -0.3 is 10.1 Å². The van der Waals surface area contributed by atoms with E-state index in [9.17, 15) is 4.79 Å². The molecule has 5 heteroatoms. The summed E-state index contributed by atoms with van der Waals surface area (Å²) >= 11 is 5.07. The molecule has 0 radical (unpaired) electrons. The molecule has 2 aromatic carbocycles. The van der Waals surface area contributed by atoms with Crippen LogP contribution in [0.4, 0.5) is 5.69 Å². The van der Waals surface area contributed by atoms with Gasteiger partial charge in [-0.05, 0) is 48.9 Å². The minimum Gasteiger partial charge on any atom is -0.497 e. The Balaban J connectivity index is 1.86. The van der Waals surface area contributed by atoms with Gasteiger partial charge in [0.2, 0.25) is 5.91 Å². The van der Waals surface area contributed by atoms with Crippen LogP contribution in [0, 0.1) is 0 Å². The fourth-order valence-corrected chi connectivity index (χ4v) is 3.12. The maximum Gasteiger partial charge on any atom is 0.237 e. The van der Waals surface area contributed by atoms with Gasteiger partial charge in [-0.15, -0.1) is 11.8 Å². The number of anilines is 1. The number of methoxy groups -OCH3 is 1. The van der Waals surface area contributed by atoms with E-state index in [1.807, 2.05) is 43.3 Å². The molecule has 0 saturated carbocycles. The number of hydrogen-bond acceptors (Lipinski definition) is 3. The molecule has 0 heterocycles. The molecule has 0 spiro atoms. The van der Waals surface area contributed by atoms with E-state index in [1.165, 1.54) is 5.56 Å². The molecule has 0 aliphatic heterocycles. The molecule has 1 amide bonds. The Bertz CT molecular complexity index is 631. The van der Waals surface area contributed by atoms with Crippen molar-refractivity contribution in [3.63, 3.8) is 0 Å². The lowest BCUT2D eigenvalue weighted by Crippen LogP contribution is -2.22. The van der Waals surface area contributed by atoms with Crippen molar-refractivity contribution in [1.82, 2.24) is 0 Å². The second-order valence-corrected chi connectivity index (χ2v) is 7.05. The van der Waals surface area contributed by atoms with E-state index in [-0.39, 0.29) is 11.2 Å². The van der Waals surface area contributed by atoms with Crippen molar-refractivity contribution in [3.8, 4) is 5.75 Å². The molecule has 0 bridgehead atoms. The Morgan fingerprint density at radius 2 is 2.00 bits per heavy atom. The van der Waals surface area contributed by atoms with E-state index in [0.717, 1.165) is 21.7 Å². The van der Waals surface area contributed by atoms with Crippen molar-refractivity contribution < 1.29 is 9.53 Å². The lowest BCUT2D eigenvalue weighted by atomic mass is 10.2. The molecule has 2 aromatic rings. The smallest absolute Gasteiger partial charge is 0.237 e. The van der Waals surface area contributed by atoms with Crippen LogP contribution in [-0.2, 0) is 10.5 Å². The molecular formula is C17H18BrNO2S. The molecule has 116 valence electrons. The van der Waals surface area contributed by atoms with Gasteiger partial charge in [-0.2, -0.15) is 0 Å². The van der Waals surface area contributed by atoms with E-state index in [4.69, 9.17) is 4.74 Å². The number of carbonyl (C=O) groups is 1. The van der Waals surface area contributed by atoms with Gasteiger partial charge in [0.15, 0.2) is 0 Å². The van der Waals surface area contributed by atoms with Gasteiger partial charge in [0, 0.05) is 15.9 Å². The lowest BCUT2D eigenvalue weighted by Gasteiger charge is -2.12. The number of nitrogens with one attached hydrogen (secondary N) is 1. The summed E-state index contributed by atoms with van der Waals surface area (Å²) in [6.07, 6.45) is 0. The van der Waals surface area contributed by atoms with Crippen LogP contribution < -0.4 is 10.1 Å². The van der Waals surface area contributed by atoms with Crippen molar-refractivity contribution in [2.45, 2.75) is 17.9 Å². The summed E-state index contributed by atoms with van der Waals surface area (Å²) in [5, 5.41) is 2.79. The first kappa shape index (κ1) is 16.9. The summed E-state index contributed by atoms with van der Waals surface area (Å²) in [4.78, 5) is 12.2. The highest BCUT2D eigenvalue weighted by molar-refractivity contribution is 9.10. The number of carbonyl (C=O) groups excluding carboxylic acids is 1. The van der Waals surface area contributed by atoms with Crippen LogP contribution in [0.15, 0.2) is 53.0 Å². The van der Waals surface area contributed by atoms with Gasteiger partial charge in [-0.25, -0.2) is 0 Å². The summed E-state index contributed by atoms with van der Waals surface area (Å²) in [5.74, 6) is 1.58. The minimum absolute atomic E-state index is 0.00478. The van der Waals surface area contributed by atoms with Crippen LogP contribution in [0.1, 0.15) is 12.5 Å². The van der Waals surface area contributed by atoms with E-state index in [1.54, 1.807) is 18.9 Å². The molecule has 0 aliphatic carbocycles. The molecule has 1 unspecified atom stereocenters. The zero-order valence-electron chi connectivity index (χ0n) is 12.5. The first-order chi connectivity index (χ1) is 10.6. The monoisotopic (exact) mass is 379 g/mol. The van der Waals surface area contributed by atoms with Crippen LogP contribution in [0.3, 0.4) is 0 Å². The largest absolute Gasteiger partial charge is 0.497 e. The summed E-state index contributed by atoms with van der Waals surface area (Å²) in [5.41, 5.74) is 1.98. The van der Waals surface area contributed by atoms with Crippen LogP contribution in [0.2, 0.25) is 0 Å². The third-order valence-electron chi connectivity index (χ3n) is 3.12. The highest BCUT2D eigenvalue weighted by Gasteiger charge is 2.13. The summed E-state index contributed by atoms with van der Waals surface area (Å²) in [6.45, 7) is 1.92. The van der Waals surface area contributed by atoms with E-state index in [2.05, 4.69) is 33.4 Å². The minimum atomic E-state index is -0.124. The fourth-order valence-electron chi connectivity index (χ4n) is 1.84. The Morgan fingerprint density at radius 3 is 2.64 bits per heavy atom. The summed E-state index contributed by atoms with van der Waals surface area (Å²) in [7, 11) is 1.62. The predicted octanol–water partition coefficient (Wildman–Crippen LogP) is 4.72. The third-order valence-corrected chi connectivity index (χ3v) is 4.82. The number of ether oxygens (including phenoxy) is 1. The van der Waals surface area contributed by atoms with Crippen molar-refractivity contribution in [2.75, 3.05) is 12.4 Å².